The first kappa shape index (κ1) is 13.0. The van der Waals surface area contributed by atoms with Gasteiger partial charge in [-0.25, -0.2) is 9.97 Å². The number of methoxy groups -OCH3 is 1. The lowest BCUT2D eigenvalue weighted by molar-refractivity contribution is 0.415. The van der Waals surface area contributed by atoms with Crippen molar-refractivity contribution in [2.24, 2.45) is 0 Å². The van der Waals surface area contributed by atoms with Crippen LogP contribution in [0.4, 0.5) is 0 Å². The summed E-state index contributed by atoms with van der Waals surface area (Å²) in [5.41, 5.74) is 1.70. The van der Waals surface area contributed by atoms with Crippen molar-refractivity contribution in [2.75, 3.05) is 7.11 Å². The van der Waals surface area contributed by atoms with E-state index in [-0.39, 0.29) is 0 Å². The number of nitrogens with zero attached hydrogens (tertiary/aromatic N) is 2. The number of hydrogen-bond donors (Lipinski definition) is 1. The molecule has 2 aromatic heterocycles. The zero-order valence-electron chi connectivity index (χ0n) is 10.9. The molecule has 5 nitrogen and oxygen atoms in total. The highest BCUT2D eigenvalue weighted by molar-refractivity contribution is 7.90. The Morgan fingerprint density at radius 2 is 2.20 bits per heavy atom. The molecule has 102 valence electrons. The summed E-state index contributed by atoms with van der Waals surface area (Å²) in [7, 11) is 1.62. The second-order valence-corrected chi connectivity index (χ2v) is 5.62. The summed E-state index contributed by atoms with van der Waals surface area (Å²) in [5, 5.41) is 0.561. The summed E-state index contributed by atoms with van der Waals surface area (Å²) in [6.07, 6.45) is 1.64. The molecule has 0 aliphatic heterocycles. The SMILES string of the molecule is COc1ccc2[nH]c(C[S+]([O-])c3ccccn3)nc2c1. The molecule has 1 aromatic carbocycles. The Morgan fingerprint density at radius 3 is 2.95 bits per heavy atom. The third kappa shape index (κ3) is 2.61. The number of nitrogens with one attached hydrogen (secondary N) is 1. The van der Waals surface area contributed by atoms with Crippen molar-refractivity contribution in [3.8, 4) is 5.75 Å². The number of aromatic nitrogens is 3. The van der Waals surface area contributed by atoms with E-state index in [1.165, 1.54) is 0 Å². The second kappa shape index (κ2) is 5.52. The predicted molar refractivity (Wildman–Crippen MR) is 77.0 cm³/mol. The van der Waals surface area contributed by atoms with Gasteiger partial charge in [-0.3, -0.25) is 0 Å². The summed E-state index contributed by atoms with van der Waals surface area (Å²) in [6.45, 7) is 0. The maximum atomic E-state index is 12.2. The van der Waals surface area contributed by atoms with Crippen molar-refractivity contribution in [1.82, 2.24) is 15.0 Å². The number of benzene rings is 1. The monoisotopic (exact) mass is 287 g/mol. The Morgan fingerprint density at radius 1 is 1.30 bits per heavy atom. The molecule has 0 spiro atoms. The summed E-state index contributed by atoms with van der Waals surface area (Å²) >= 11 is -1.20. The lowest BCUT2D eigenvalue weighted by Gasteiger charge is -2.06. The fraction of sp³-hybridized carbons (Fsp3) is 0.143. The second-order valence-electron chi connectivity index (χ2n) is 4.22. The standard InChI is InChI=1S/C14H13N3O2S/c1-19-10-5-6-11-12(8-10)17-13(16-11)9-20(18)14-4-2-3-7-15-14/h2-8H,9H2,1H3,(H,16,17). The van der Waals surface area contributed by atoms with Gasteiger partial charge < -0.3 is 14.3 Å². The third-order valence-electron chi connectivity index (χ3n) is 2.88. The molecule has 3 aromatic rings. The molecule has 0 radical (unpaired) electrons. The van der Waals surface area contributed by atoms with E-state index in [9.17, 15) is 4.55 Å². The van der Waals surface area contributed by atoms with Crippen LogP contribution in [0.2, 0.25) is 0 Å². The highest BCUT2D eigenvalue weighted by atomic mass is 32.2. The Labute approximate surface area is 119 Å². The van der Waals surface area contributed by atoms with Gasteiger partial charge in [0.2, 0.25) is 5.03 Å². The van der Waals surface area contributed by atoms with Gasteiger partial charge in [0, 0.05) is 29.5 Å². The van der Waals surface area contributed by atoms with Crippen molar-refractivity contribution in [3.05, 3.63) is 48.4 Å². The number of H-pyrrole nitrogens is 1. The Kier molecular flexibility index (Phi) is 3.58. The average Bonchev–Trinajstić information content (AvgIpc) is 2.89. The van der Waals surface area contributed by atoms with Gasteiger partial charge in [-0.15, -0.1) is 0 Å². The zero-order chi connectivity index (χ0) is 13.9. The molecule has 0 saturated heterocycles. The van der Waals surface area contributed by atoms with Crippen LogP contribution in [-0.4, -0.2) is 26.6 Å². The van der Waals surface area contributed by atoms with Crippen LogP contribution in [0.3, 0.4) is 0 Å². The van der Waals surface area contributed by atoms with Crippen LogP contribution in [0.25, 0.3) is 11.0 Å². The van der Waals surface area contributed by atoms with E-state index >= 15 is 0 Å². The van der Waals surface area contributed by atoms with Crippen LogP contribution in [0.15, 0.2) is 47.6 Å². The third-order valence-corrected chi connectivity index (χ3v) is 4.12. The molecule has 3 rings (SSSR count). The molecular formula is C14H13N3O2S. The van der Waals surface area contributed by atoms with Crippen LogP contribution in [-0.2, 0) is 16.9 Å². The van der Waals surface area contributed by atoms with E-state index in [1.54, 1.807) is 25.4 Å². The van der Waals surface area contributed by atoms with Crippen LogP contribution in [0.1, 0.15) is 5.82 Å². The minimum absolute atomic E-state index is 0.314. The Bertz CT molecular complexity index is 715. The fourth-order valence-corrected chi connectivity index (χ4v) is 2.86. The molecule has 20 heavy (non-hydrogen) atoms. The van der Waals surface area contributed by atoms with E-state index in [1.807, 2.05) is 24.3 Å². The van der Waals surface area contributed by atoms with E-state index in [0.717, 1.165) is 16.8 Å². The van der Waals surface area contributed by atoms with Crippen LogP contribution < -0.4 is 4.74 Å². The molecule has 0 aliphatic carbocycles. The topological polar surface area (TPSA) is 73.9 Å². The van der Waals surface area contributed by atoms with E-state index in [0.29, 0.717) is 16.6 Å². The van der Waals surface area contributed by atoms with Crippen molar-refractivity contribution in [1.29, 1.82) is 0 Å². The number of pyridine rings is 1. The van der Waals surface area contributed by atoms with Gasteiger partial charge in [-0.05, 0) is 18.2 Å². The number of hydrogen-bond acceptors (Lipinski definition) is 4. The molecule has 0 amide bonds. The minimum atomic E-state index is -1.20. The average molecular weight is 287 g/mol. The lowest BCUT2D eigenvalue weighted by atomic mass is 10.3. The van der Waals surface area contributed by atoms with Gasteiger partial charge in [0.15, 0.2) is 11.6 Å². The lowest BCUT2D eigenvalue weighted by Crippen LogP contribution is -2.07. The Hall–Kier alpha value is -2.05. The van der Waals surface area contributed by atoms with E-state index in [4.69, 9.17) is 4.74 Å². The molecule has 0 bridgehead atoms. The highest BCUT2D eigenvalue weighted by Crippen LogP contribution is 2.20. The summed E-state index contributed by atoms with van der Waals surface area (Å²) in [5.74, 6) is 1.74. The van der Waals surface area contributed by atoms with Gasteiger partial charge >= 0.3 is 0 Å². The zero-order valence-corrected chi connectivity index (χ0v) is 11.7. The smallest absolute Gasteiger partial charge is 0.244 e. The normalized spacial score (nSPS) is 12.5. The number of rotatable bonds is 4. The molecule has 2 heterocycles. The van der Waals surface area contributed by atoms with Gasteiger partial charge in [0.05, 0.1) is 18.1 Å². The maximum Gasteiger partial charge on any atom is 0.244 e. The molecule has 6 heteroatoms. The molecule has 1 N–H and O–H groups in total. The van der Waals surface area contributed by atoms with Crippen molar-refractivity contribution >= 4 is 22.2 Å². The van der Waals surface area contributed by atoms with Gasteiger partial charge in [-0.2, -0.15) is 0 Å². The molecule has 1 unspecified atom stereocenters. The first-order chi connectivity index (χ1) is 9.76. The molecule has 0 aliphatic rings. The van der Waals surface area contributed by atoms with E-state index in [2.05, 4.69) is 15.0 Å². The minimum Gasteiger partial charge on any atom is -0.610 e. The maximum absolute atomic E-state index is 12.2. The van der Waals surface area contributed by atoms with Gasteiger partial charge in [-0.1, -0.05) is 6.07 Å². The molecule has 0 fully saturated rings. The van der Waals surface area contributed by atoms with Crippen LogP contribution >= 0.6 is 0 Å². The van der Waals surface area contributed by atoms with Crippen LogP contribution in [0.5, 0.6) is 5.75 Å². The van der Waals surface area contributed by atoms with Gasteiger partial charge in [0.25, 0.3) is 0 Å². The first-order valence-corrected chi connectivity index (χ1v) is 7.40. The van der Waals surface area contributed by atoms with Crippen LogP contribution in [0, 0.1) is 0 Å². The highest BCUT2D eigenvalue weighted by Gasteiger charge is 2.15. The number of aromatic amines is 1. The first-order valence-electron chi connectivity index (χ1n) is 6.08. The number of imidazole rings is 1. The van der Waals surface area contributed by atoms with Crippen molar-refractivity contribution in [3.63, 3.8) is 0 Å². The number of fused-ring (bicyclic) bond motifs is 1. The molecule has 1 atom stereocenters. The summed E-state index contributed by atoms with van der Waals surface area (Å²) in [4.78, 5) is 11.7. The van der Waals surface area contributed by atoms with E-state index < -0.39 is 11.2 Å². The predicted octanol–water partition coefficient (Wildman–Crippen LogP) is 2.27. The number of ether oxygens (including phenoxy) is 1. The summed E-state index contributed by atoms with van der Waals surface area (Å²) < 4.78 is 17.3. The quantitative estimate of drug-likeness (QED) is 0.747. The van der Waals surface area contributed by atoms with Gasteiger partial charge in [0.1, 0.15) is 5.75 Å². The summed E-state index contributed by atoms with van der Waals surface area (Å²) in [6, 6.07) is 11.0. The fourth-order valence-electron chi connectivity index (χ4n) is 1.91. The van der Waals surface area contributed by atoms with Crippen molar-refractivity contribution in [2.45, 2.75) is 10.8 Å². The molecular weight excluding hydrogens is 274 g/mol. The Balaban J connectivity index is 1.84. The molecule has 0 saturated carbocycles. The largest absolute Gasteiger partial charge is 0.610 e. The van der Waals surface area contributed by atoms with Crippen molar-refractivity contribution < 1.29 is 9.29 Å².